The average molecular weight is 226 g/mol. The van der Waals surface area contributed by atoms with Crippen LogP contribution in [0.3, 0.4) is 0 Å². The molecular weight excluding hydrogens is 214 g/mol. The number of rotatable bonds is 6. The molecule has 0 fully saturated rings. The number of nitrogens with zero attached hydrogens (tertiary/aromatic N) is 1. The van der Waals surface area contributed by atoms with Gasteiger partial charge < -0.3 is 9.47 Å². The highest BCUT2D eigenvalue weighted by Crippen LogP contribution is 2.12. The summed E-state index contributed by atoms with van der Waals surface area (Å²) in [6, 6.07) is 9.07. The van der Waals surface area contributed by atoms with Crippen LogP contribution in [-0.2, 0) is 4.74 Å². The van der Waals surface area contributed by atoms with Crippen LogP contribution in [0.4, 0.5) is 0 Å². The number of alkyl halides is 1. The van der Waals surface area contributed by atoms with E-state index < -0.39 is 0 Å². The summed E-state index contributed by atoms with van der Waals surface area (Å²) in [6.07, 6.45) is 0. The van der Waals surface area contributed by atoms with Crippen LogP contribution in [-0.4, -0.2) is 25.7 Å². The van der Waals surface area contributed by atoms with Crippen molar-refractivity contribution < 1.29 is 9.47 Å². The molecule has 0 saturated heterocycles. The van der Waals surface area contributed by atoms with E-state index in [2.05, 4.69) is 0 Å². The van der Waals surface area contributed by atoms with E-state index in [-0.39, 0.29) is 0 Å². The summed E-state index contributed by atoms with van der Waals surface area (Å²) >= 11 is 5.44. The van der Waals surface area contributed by atoms with Crippen LogP contribution >= 0.6 is 11.6 Å². The molecule has 0 amide bonds. The number of hydrogen-bond acceptors (Lipinski definition) is 3. The van der Waals surface area contributed by atoms with E-state index in [1.165, 1.54) is 0 Å². The van der Waals surface area contributed by atoms with Gasteiger partial charge >= 0.3 is 0 Å². The molecule has 0 radical (unpaired) electrons. The molecule has 1 aromatic rings. The van der Waals surface area contributed by atoms with E-state index in [4.69, 9.17) is 26.3 Å². The molecule has 0 aliphatic rings. The van der Waals surface area contributed by atoms with Gasteiger partial charge in [-0.05, 0) is 18.2 Å². The minimum Gasteiger partial charge on any atom is -0.491 e. The summed E-state index contributed by atoms with van der Waals surface area (Å²) in [6.45, 7) is 1.50. The van der Waals surface area contributed by atoms with Gasteiger partial charge in [-0.2, -0.15) is 5.26 Å². The molecule has 0 aromatic heterocycles. The van der Waals surface area contributed by atoms with Crippen LogP contribution in [0.2, 0.25) is 0 Å². The van der Waals surface area contributed by atoms with Crippen LogP contribution in [0.15, 0.2) is 24.3 Å². The minimum absolute atomic E-state index is 0.464. The summed E-state index contributed by atoms with van der Waals surface area (Å²) in [5.74, 6) is 1.17. The third kappa shape index (κ3) is 4.68. The topological polar surface area (TPSA) is 42.2 Å². The Balaban J connectivity index is 2.28. The molecule has 0 bridgehead atoms. The van der Waals surface area contributed by atoms with Crippen molar-refractivity contribution in [1.29, 1.82) is 5.26 Å². The normalized spacial score (nSPS) is 9.60. The predicted molar refractivity (Wildman–Crippen MR) is 58.2 cm³/mol. The summed E-state index contributed by atoms with van der Waals surface area (Å²) in [5.41, 5.74) is 0.592. The SMILES string of the molecule is N#Cc1cccc(OCCOCCCl)c1. The first kappa shape index (κ1) is 11.8. The van der Waals surface area contributed by atoms with Crippen molar-refractivity contribution in [2.75, 3.05) is 25.7 Å². The average Bonchev–Trinajstić information content (AvgIpc) is 2.29. The zero-order chi connectivity index (χ0) is 10.9. The Morgan fingerprint density at radius 3 is 2.87 bits per heavy atom. The van der Waals surface area contributed by atoms with Gasteiger partial charge in [-0.3, -0.25) is 0 Å². The lowest BCUT2D eigenvalue weighted by molar-refractivity contribution is 0.111. The standard InChI is InChI=1S/C11H12ClNO2/c12-4-5-14-6-7-15-11-3-1-2-10(8-11)9-13/h1-3,8H,4-7H2. The van der Waals surface area contributed by atoms with Crippen LogP contribution in [0.25, 0.3) is 0 Å². The summed E-state index contributed by atoms with van der Waals surface area (Å²) in [4.78, 5) is 0. The van der Waals surface area contributed by atoms with Crippen molar-refractivity contribution in [2.45, 2.75) is 0 Å². The highest BCUT2D eigenvalue weighted by molar-refractivity contribution is 6.17. The fraction of sp³-hybridized carbons (Fsp3) is 0.364. The van der Waals surface area contributed by atoms with Gasteiger partial charge in [0.25, 0.3) is 0 Å². The van der Waals surface area contributed by atoms with Crippen LogP contribution in [0, 0.1) is 11.3 Å². The fourth-order valence-corrected chi connectivity index (χ4v) is 1.14. The Morgan fingerprint density at radius 1 is 1.27 bits per heavy atom. The van der Waals surface area contributed by atoms with Crippen molar-refractivity contribution in [2.24, 2.45) is 0 Å². The lowest BCUT2D eigenvalue weighted by Gasteiger charge is -2.06. The van der Waals surface area contributed by atoms with Crippen molar-refractivity contribution in [3.63, 3.8) is 0 Å². The quantitative estimate of drug-likeness (QED) is 0.551. The number of hydrogen-bond donors (Lipinski definition) is 0. The van der Waals surface area contributed by atoms with Crippen molar-refractivity contribution in [1.82, 2.24) is 0 Å². The second-order valence-corrected chi connectivity index (χ2v) is 3.17. The van der Waals surface area contributed by atoms with E-state index in [0.29, 0.717) is 37.0 Å². The molecule has 4 heteroatoms. The first-order valence-corrected chi connectivity index (χ1v) is 5.17. The van der Waals surface area contributed by atoms with Crippen LogP contribution in [0.1, 0.15) is 5.56 Å². The van der Waals surface area contributed by atoms with Gasteiger partial charge in [-0.1, -0.05) is 6.07 Å². The number of halogens is 1. The maximum Gasteiger partial charge on any atom is 0.120 e. The summed E-state index contributed by atoms with van der Waals surface area (Å²) in [5, 5.41) is 8.66. The van der Waals surface area contributed by atoms with E-state index >= 15 is 0 Å². The Morgan fingerprint density at radius 2 is 2.13 bits per heavy atom. The molecule has 15 heavy (non-hydrogen) atoms. The Bertz CT molecular complexity index is 336. The van der Waals surface area contributed by atoms with Crippen molar-refractivity contribution in [3.05, 3.63) is 29.8 Å². The van der Waals surface area contributed by atoms with E-state index in [9.17, 15) is 0 Å². The second kappa shape index (κ2) is 7.10. The van der Waals surface area contributed by atoms with Crippen LogP contribution < -0.4 is 4.74 Å². The Kier molecular flexibility index (Phi) is 5.60. The van der Waals surface area contributed by atoms with Gasteiger partial charge in [0, 0.05) is 5.88 Å². The van der Waals surface area contributed by atoms with E-state index in [1.54, 1.807) is 18.2 Å². The molecule has 3 nitrogen and oxygen atoms in total. The molecular formula is C11H12ClNO2. The second-order valence-electron chi connectivity index (χ2n) is 2.79. The maximum atomic E-state index is 8.66. The van der Waals surface area contributed by atoms with Crippen LogP contribution in [0.5, 0.6) is 5.75 Å². The maximum absolute atomic E-state index is 8.66. The molecule has 1 rings (SSSR count). The van der Waals surface area contributed by atoms with Gasteiger partial charge in [-0.15, -0.1) is 11.6 Å². The van der Waals surface area contributed by atoms with Gasteiger partial charge in [0.1, 0.15) is 12.4 Å². The molecule has 80 valence electrons. The van der Waals surface area contributed by atoms with E-state index in [0.717, 1.165) is 0 Å². The summed E-state index contributed by atoms with van der Waals surface area (Å²) in [7, 11) is 0. The first-order chi connectivity index (χ1) is 7.36. The molecule has 0 atom stereocenters. The van der Waals surface area contributed by atoms with Gasteiger partial charge in [-0.25, -0.2) is 0 Å². The lowest BCUT2D eigenvalue weighted by atomic mass is 10.2. The molecule has 1 aromatic carbocycles. The third-order valence-corrected chi connectivity index (χ3v) is 1.84. The van der Waals surface area contributed by atoms with Gasteiger partial charge in [0.2, 0.25) is 0 Å². The Labute approximate surface area is 94.2 Å². The van der Waals surface area contributed by atoms with Gasteiger partial charge in [0.05, 0.1) is 24.8 Å². The van der Waals surface area contributed by atoms with Crippen molar-refractivity contribution in [3.8, 4) is 11.8 Å². The molecule has 0 heterocycles. The highest BCUT2D eigenvalue weighted by atomic mass is 35.5. The molecule has 0 N–H and O–H groups in total. The zero-order valence-electron chi connectivity index (χ0n) is 8.28. The molecule has 0 aliphatic carbocycles. The first-order valence-electron chi connectivity index (χ1n) is 4.63. The monoisotopic (exact) mass is 225 g/mol. The lowest BCUT2D eigenvalue weighted by Crippen LogP contribution is -2.07. The molecule has 0 spiro atoms. The predicted octanol–water partition coefficient (Wildman–Crippen LogP) is 2.19. The van der Waals surface area contributed by atoms with Crippen molar-refractivity contribution >= 4 is 11.6 Å². The number of nitriles is 1. The smallest absolute Gasteiger partial charge is 0.120 e. The van der Waals surface area contributed by atoms with Gasteiger partial charge in [0.15, 0.2) is 0 Å². The largest absolute Gasteiger partial charge is 0.491 e. The number of benzene rings is 1. The Hall–Kier alpha value is -1.24. The highest BCUT2D eigenvalue weighted by Gasteiger charge is 1.95. The molecule has 0 saturated carbocycles. The summed E-state index contributed by atoms with van der Waals surface area (Å²) < 4.78 is 10.5. The van der Waals surface area contributed by atoms with E-state index in [1.807, 2.05) is 12.1 Å². The minimum atomic E-state index is 0.464. The number of ether oxygens (including phenoxy) is 2. The molecule has 0 unspecified atom stereocenters. The fourth-order valence-electron chi connectivity index (χ4n) is 1.03. The zero-order valence-corrected chi connectivity index (χ0v) is 9.04. The molecule has 0 aliphatic heterocycles. The third-order valence-electron chi connectivity index (χ3n) is 1.68.